The molecular formula is C23H30N2O13S. The van der Waals surface area contributed by atoms with Gasteiger partial charge in [-0.3, -0.25) is 4.90 Å². The van der Waals surface area contributed by atoms with E-state index in [1.807, 2.05) is 0 Å². The van der Waals surface area contributed by atoms with E-state index in [1.54, 1.807) is 0 Å². The van der Waals surface area contributed by atoms with Gasteiger partial charge in [-0.15, -0.1) is 0 Å². The standard InChI is InChI=1S/C23H30N2O13S/c1-13-15(37-20(28)35-13)11-33-19(27)24-17(18(26)32-10-7-25-5-8-31-9-6-25)23(3,4)39-22(30)34-12-16-14(2)36-21(29)38-16/h17H,5-12H2,1-4H3,(H,24,27)/t17-/m0/s1. The number of thioether (sulfide) groups is 1. The molecule has 0 radical (unpaired) electrons. The highest BCUT2D eigenvalue weighted by molar-refractivity contribution is 8.14. The van der Waals surface area contributed by atoms with Crippen LogP contribution in [-0.2, 0) is 37.0 Å². The SMILES string of the molecule is Cc1oc(=O)oc1COC(=O)N[C@@H](C(=O)OCCN1CCOCC1)C(C)(C)SC(=O)OCc1oc(=O)oc1C. The summed E-state index contributed by atoms with van der Waals surface area (Å²) < 4.78 is 38.7. The summed E-state index contributed by atoms with van der Waals surface area (Å²) in [5.74, 6) is -2.37. The molecule has 15 nitrogen and oxygen atoms in total. The zero-order valence-corrected chi connectivity index (χ0v) is 22.7. The van der Waals surface area contributed by atoms with E-state index in [2.05, 4.69) is 10.2 Å². The Hall–Kier alpha value is -3.50. The first-order chi connectivity index (χ1) is 18.4. The van der Waals surface area contributed by atoms with E-state index >= 15 is 0 Å². The van der Waals surface area contributed by atoms with Gasteiger partial charge in [0, 0.05) is 19.6 Å². The highest BCUT2D eigenvalue weighted by Crippen LogP contribution is 2.31. The molecule has 1 aliphatic heterocycles. The Kier molecular flexibility index (Phi) is 10.4. The van der Waals surface area contributed by atoms with E-state index in [0.29, 0.717) is 44.6 Å². The first kappa shape index (κ1) is 30.0. The van der Waals surface area contributed by atoms with Crippen molar-refractivity contribution in [1.29, 1.82) is 0 Å². The van der Waals surface area contributed by atoms with Gasteiger partial charge in [0.2, 0.25) is 0 Å². The highest BCUT2D eigenvalue weighted by atomic mass is 32.2. The molecule has 16 heteroatoms. The van der Waals surface area contributed by atoms with Crippen molar-refractivity contribution in [1.82, 2.24) is 10.2 Å². The van der Waals surface area contributed by atoms with Crippen molar-refractivity contribution in [2.45, 2.75) is 51.7 Å². The van der Waals surface area contributed by atoms with E-state index in [-0.39, 0.29) is 36.3 Å². The van der Waals surface area contributed by atoms with Crippen LogP contribution in [0.3, 0.4) is 0 Å². The third-order valence-corrected chi connectivity index (χ3v) is 6.67. The molecule has 3 heterocycles. The Morgan fingerprint density at radius 2 is 1.49 bits per heavy atom. The number of hydrogen-bond donors (Lipinski definition) is 1. The van der Waals surface area contributed by atoms with Crippen molar-refractivity contribution >= 4 is 29.1 Å². The number of carbonyl (C=O) groups excluding carboxylic acids is 3. The van der Waals surface area contributed by atoms with Crippen LogP contribution in [0.2, 0.25) is 0 Å². The van der Waals surface area contributed by atoms with Gasteiger partial charge in [0.25, 0.3) is 0 Å². The topological polar surface area (TPSA) is 190 Å². The van der Waals surface area contributed by atoms with Gasteiger partial charge in [0.15, 0.2) is 36.3 Å². The molecule has 2 aromatic heterocycles. The van der Waals surface area contributed by atoms with Crippen molar-refractivity contribution in [3.8, 4) is 0 Å². The Morgan fingerprint density at radius 1 is 0.923 bits per heavy atom. The maximum Gasteiger partial charge on any atom is 0.519 e. The number of esters is 1. The summed E-state index contributed by atoms with van der Waals surface area (Å²) in [5.41, 5.74) is 0. The Labute approximate surface area is 226 Å². The minimum atomic E-state index is -1.36. The summed E-state index contributed by atoms with van der Waals surface area (Å²) in [5, 5.41) is 1.59. The Morgan fingerprint density at radius 3 is 2.03 bits per heavy atom. The Balaban J connectivity index is 1.63. The molecule has 2 aromatic rings. The lowest BCUT2D eigenvalue weighted by molar-refractivity contribution is -0.147. The number of carbonyl (C=O) groups is 3. The molecule has 1 N–H and O–H groups in total. The molecule has 39 heavy (non-hydrogen) atoms. The van der Waals surface area contributed by atoms with Crippen LogP contribution in [0.15, 0.2) is 27.3 Å². The summed E-state index contributed by atoms with van der Waals surface area (Å²) in [6, 6.07) is -1.36. The van der Waals surface area contributed by atoms with Gasteiger partial charge < -0.3 is 41.9 Å². The van der Waals surface area contributed by atoms with Crippen molar-refractivity contribution in [3.63, 3.8) is 0 Å². The zero-order chi connectivity index (χ0) is 28.6. The molecule has 0 aliphatic carbocycles. The average molecular weight is 575 g/mol. The quantitative estimate of drug-likeness (QED) is 0.301. The van der Waals surface area contributed by atoms with E-state index < -0.39 is 46.4 Å². The second-order valence-corrected chi connectivity index (χ2v) is 10.5. The smallest absolute Gasteiger partial charge is 0.463 e. The van der Waals surface area contributed by atoms with Gasteiger partial charge in [0.1, 0.15) is 12.6 Å². The third-order valence-electron chi connectivity index (χ3n) is 5.62. The van der Waals surface area contributed by atoms with Crippen LogP contribution in [0.1, 0.15) is 36.9 Å². The number of nitrogens with one attached hydrogen (secondary N) is 1. The molecular weight excluding hydrogens is 544 g/mol. The van der Waals surface area contributed by atoms with Crippen LogP contribution in [0.5, 0.6) is 0 Å². The van der Waals surface area contributed by atoms with Crippen molar-refractivity contribution < 1.29 is 51.0 Å². The van der Waals surface area contributed by atoms with Crippen LogP contribution >= 0.6 is 11.8 Å². The van der Waals surface area contributed by atoms with E-state index in [1.165, 1.54) is 27.7 Å². The fourth-order valence-electron chi connectivity index (χ4n) is 3.43. The number of ether oxygens (including phenoxy) is 4. The average Bonchev–Trinajstić information content (AvgIpc) is 3.37. The number of alkyl carbamates (subject to hydrolysis) is 1. The Bertz CT molecular complexity index is 1250. The first-order valence-electron chi connectivity index (χ1n) is 11.9. The molecule has 1 aliphatic rings. The third kappa shape index (κ3) is 9.04. The van der Waals surface area contributed by atoms with Crippen LogP contribution in [-0.4, -0.2) is 72.5 Å². The van der Waals surface area contributed by atoms with Crippen molar-refractivity contribution in [2.24, 2.45) is 0 Å². The van der Waals surface area contributed by atoms with E-state index in [4.69, 9.17) is 36.6 Å². The fraction of sp³-hybridized carbons (Fsp3) is 0.609. The summed E-state index contributed by atoms with van der Waals surface area (Å²) in [6.07, 6.45) is -1.04. The predicted molar refractivity (Wildman–Crippen MR) is 131 cm³/mol. The summed E-state index contributed by atoms with van der Waals surface area (Å²) in [7, 11) is 0. The number of aryl methyl sites for hydroxylation is 2. The second-order valence-electron chi connectivity index (χ2n) is 8.89. The van der Waals surface area contributed by atoms with Gasteiger partial charge >= 0.3 is 29.0 Å². The summed E-state index contributed by atoms with van der Waals surface area (Å²) >= 11 is 0.610. The normalized spacial score (nSPS) is 15.0. The van der Waals surface area contributed by atoms with Gasteiger partial charge in [-0.1, -0.05) is 0 Å². The van der Waals surface area contributed by atoms with Crippen LogP contribution in [0.4, 0.5) is 9.59 Å². The molecule has 1 saturated heterocycles. The minimum absolute atomic E-state index is 0.00167. The van der Waals surface area contributed by atoms with Gasteiger partial charge in [-0.05, 0) is 39.5 Å². The number of hydrogen-bond acceptors (Lipinski definition) is 15. The van der Waals surface area contributed by atoms with E-state index in [0.717, 1.165) is 0 Å². The lowest BCUT2D eigenvalue weighted by Crippen LogP contribution is -2.54. The minimum Gasteiger partial charge on any atom is -0.463 e. The number of rotatable bonds is 11. The van der Waals surface area contributed by atoms with Gasteiger partial charge in [-0.2, -0.15) is 0 Å². The molecule has 0 bridgehead atoms. The van der Waals surface area contributed by atoms with Gasteiger partial charge in [0.05, 0.1) is 18.0 Å². The lowest BCUT2D eigenvalue weighted by Gasteiger charge is -2.31. The molecule has 0 aromatic carbocycles. The van der Waals surface area contributed by atoms with Crippen LogP contribution in [0, 0.1) is 13.8 Å². The highest BCUT2D eigenvalue weighted by Gasteiger charge is 2.41. The summed E-state index contributed by atoms with van der Waals surface area (Å²) in [6.45, 7) is 8.19. The second kappa shape index (κ2) is 13.5. The van der Waals surface area contributed by atoms with Crippen LogP contribution < -0.4 is 17.0 Å². The molecule has 0 saturated carbocycles. The molecule has 3 rings (SSSR count). The molecule has 1 fully saturated rings. The predicted octanol–water partition coefficient (Wildman–Crippen LogP) is 1.71. The number of amides is 1. The number of nitrogens with zero attached hydrogens (tertiary/aromatic N) is 1. The van der Waals surface area contributed by atoms with Crippen LogP contribution in [0.25, 0.3) is 0 Å². The van der Waals surface area contributed by atoms with Crippen molar-refractivity contribution in [3.05, 3.63) is 44.3 Å². The lowest BCUT2D eigenvalue weighted by atomic mass is 10.0. The van der Waals surface area contributed by atoms with Crippen molar-refractivity contribution in [2.75, 3.05) is 39.5 Å². The maximum atomic E-state index is 13.1. The molecule has 0 spiro atoms. The van der Waals surface area contributed by atoms with E-state index in [9.17, 15) is 24.0 Å². The summed E-state index contributed by atoms with van der Waals surface area (Å²) in [4.78, 5) is 62.6. The molecule has 1 amide bonds. The fourth-order valence-corrected chi connectivity index (χ4v) is 4.25. The molecule has 1 atom stereocenters. The first-order valence-corrected chi connectivity index (χ1v) is 12.7. The molecule has 0 unspecified atom stereocenters. The number of morpholine rings is 1. The molecule has 216 valence electrons. The monoisotopic (exact) mass is 574 g/mol. The van der Waals surface area contributed by atoms with Gasteiger partial charge in [-0.25, -0.2) is 24.0 Å². The zero-order valence-electron chi connectivity index (χ0n) is 21.9. The largest absolute Gasteiger partial charge is 0.519 e. The maximum absolute atomic E-state index is 13.1.